The van der Waals surface area contributed by atoms with Crippen LogP contribution in [0.1, 0.15) is 149 Å². The number of nitrogens with zero attached hydrogens (tertiary/aromatic N) is 1. The molecule has 0 aromatic heterocycles. The highest BCUT2D eigenvalue weighted by Crippen LogP contribution is 2.38. The Kier molecular flexibility index (Phi) is 38.4. The van der Waals surface area contributed by atoms with E-state index in [-0.39, 0.29) is 44.7 Å². The molecule has 11 heteroatoms. The van der Waals surface area contributed by atoms with Gasteiger partial charge in [-0.15, -0.1) is 0 Å². The van der Waals surface area contributed by atoms with Crippen LogP contribution in [0.3, 0.4) is 0 Å². The third kappa shape index (κ3) is 44.5. The fourth-order valence-corrected chi connectivity index (χ4v) is 6.14. The van der Waals surface area contributed by atoms with Gasteiger partial charge >= 0.3 is 11.9 Å². The second kappa shape index (κ2) is 40.7. The van der Waals surface area contributed by atoms with Crippen molar-refractivity contribution in [1.82, 2.24) is 0 Å². The lowest BCUT2D eigenvalue weighted by molar-refractivity contribution is -0.870. The Bertz CT molecular complexity index is 1420. The first-order valence-electron chi connectivity index (χ1n) is 22.9. The Hall–Kier alpha value is -3.40. The molecule has 0 aliphatic heterocycles. The second-order valence-corrected chi connectivity index (χ2v) is 17.5. The number of hydrogen-bond acceptors (Lipinski definition) is 9. The minimum absolute atomic E-state index is 0.0772. The van der Waals surface area contributed by atoms with Crippen LogP contribution in [0.5, 0.6) is 0 Å². The number of quaternary nitrogens is 1. The summed E-state index contributed by atoms with van der Waals surface area (Å²) in [6, 6.07) is 0. The maximum absolute atomic E-state index is 12.7. The Morgan fingerprint density at radius 1 is 0.557 bits per heavy atom. The molecule has 0 saturated carbocycles. The van der Waals surface area contributed by atoms with Crippen molar-refractivity contribution in [2.24, 2.45) is 0 Å². The molecular weight excluding hydrogens is 790 g/mol. The number of allylic oxidation sites excluding steroid dienone is 16. The van der Waals surface area contributed by atoms with Crippen LogP contribution < -0.4 is 4.89 Å². The van der Waals surface area contributed by atoms with E-state index in [0.717, 1.165) is 57.8 Å². The molecule has 0 rings (SSSR count). The third-order valence-electron chi connectivity index (χ3n) is 9.05. The predicted molar refractivity (Wildman–Crippen MR) is 250 cm³/mol. The van der Waals surface area contributed by atoms with Gasteiger partial charge < -0.3 is 27.9 Å². The molecule has 0 N–H and O–H groups in total. The Morgan fingerprint density at radius 2 is 1.05 bits per heavy atom. The zero-order chi connectivity index (χ0) is 45.1. The van der Waals surface area contributed by atoms with Gasteiger partial charge in [0.1, 0.15) is 19.8 Å². The van der Waals surface area contributed by atoms with Crippen molar-refractivity contribution >= 4 is 25.5 Å². The molecule has 0 aromatic carbocycles. The highest BCUT2D eigenvalue weighted by atomic mass is 31.2. The molecule has 0 amide bonds. The highest BCUT2D eigenvalue weighted by Gasteiger charge is 2.22. The number of ether oxygens (including phenoxy) is 2. The number of hydrogen-bond donors (Lipinski definition) is 0. The second-order valence-electron chi connectivity index (χ2n) is 16.1. The van der Waals surface area contributed by atoms with E-state index in [1.807, 2.05) is 33.3 Å². The number of rotatable bonds is 40. The number of esters is 2. The Labute approximate surface area is 370 Å². The van der Waals surface area contributed by atoms with Crippen molar-refractivity contribution in [1.29, 1.82) is 0 Å². The highest BCUT2D eigenvalue weighted by molar-refractivity contribution is 7.45. The van der Waals surface area contributed by atoms with E-state index >= 15 is 0 Å². The summed E-state index contributed by atoms with van der Waals surface area (Å²) in [6.45, 7) is 3.82. The third-order valence-corrected chi connectivity index (χ3v) is 10.0. The van der Waals surface area contributed by atoms with E-state index in [4.69, 9.17) is 18.5 Å². The van der Waals surface area contributed by atoms with Crippen LogP contribution in [-0.4, -0.2) is 75.8 Å². The van der Waals surface area contributed by atoms with Crippen LogP contribution in [0.15, 0.2) is 97.2 Å². The van der Waals surface area contributed by atoms with Crippen molar-refractivity contribution in [2.75, 3.05) is 47.5 Å². The maximum atomic E-state index is 12.7. The predicted octanol–water partition coefficient (Wildman–Crippen LogP) is 11.9. The minimum Gasteiger partial charge on any atom is -0.756 e. The number of unbranched alkanes of at least 4 members (excludes halogenated alkanes) is 9. The first kappa shape index (κ1) is 57.6. The largest absolute Gasteiger partial charge is 0.756 e. The van der Waals surface area contributed by atoms with Crippen LogP contribution in [0, 0.1) is 0 Å². The smallest absolute Gasteiger partial charge is 0.306 e. The van der Waals surface area contributed by atoms with Crippen molar-refractivity contribution in [3.05, 3.63) is 97.2 Å². The van der Waals surface area contributed by atoms with Crippen LogP contribution in [0.4, 0.5) is 0 Å². The summed E-state index contributed by atoms with van der Waals surface area (Å²) < 4.78 is 33.6. The zero-order valence-corrected chi connectivity index (χ0v) is 39.5. The van der Waals surface area contributed by atoms with Gasteiger partial charge in [-0.05, 0) is 89.5 Å². The number of ketones is 1. The van der Waals surface area contributed by atoms with Crippen molar-refractivity contribution in [2.45, 2.75) is 155 Å². The zero-order valence-electron chi connectivity index (χ0n) is 38.6. The molecular formula is C50H82NO9P. The topological polar surface area (TPSA) is 128 Å². The van der Waals surface area contributed by atoms with Crippen molar-refractivity contribution in [3.8, 4) is 0 Å². The van der Waals surface area contributed by atoms with Crippen molar-refractivity contribution in [3.63, 3.8) is 0 Å². The molecule has 1 unspecified atom stereocenters. The van der Waals surface area contributed by atoms with Crippen LogP contribution in [-0.2, 0) is 37.5 Å². The minimum atomic E-state index is -4.71. The summed E-state index contributed by atoms with van der Waals surface area (Å²) in [4.78, 5) is 49.9. The molecule has 10 nitrogen and oxygen atoms in total. The van der Waals surface area contributed by atoms with Gasteiger partial charge in [-0.3, -0.25) is 18.9 Å². The molecule has 0 fully saturated rings. The molecule has 0 aromatic rings. The summed E-state index contributed by atoms with van der Waals surface area (Å²) in [5.74, 6) is -1.27. The van der Waals surface area contributed by atoms with Crippen LogP contribution in [0.2, 0.25) is 0 Å². The van der Waals surface area contributed by atoms with E-state index in [9.17, 15) is 23.8 Å². The Morgan fingerprint density at radius 3 is 1.57 bits per heavy atom. The van der Waals surface area contributed by atoms with Gasteiger partial charge in [0, 0.05) is 19.3 Å². The van der Waals surface area contributed by atoms with Gasteiger partial charge in [-0.2, -0.15) is 0 Å². The molecule has 0 radical (unpaired) electrons. The summed E-state index contributed by atoms with van der Waals surface area (Å²) in [5.41, 5.74) is 0. The number of phosphoric acid groups is 1. The Balaban J connectivity index is 4.61. The molecule has 0 bridgehead atoms. The number of phosphoric ester groups is 1. The molecule has 2 atom stereocenters. The maximum Gasteiger partial charge on any atom is 0.306 e. The quantitative estimate of drug-likeness (QED) is 0.0112. The van der Waals surface area contributed by atoms with Crippen molar-refractivity contribution < 1.29 is 46.8 Å². The number of likely N-dealkylation sites (N-methyl/N-ethyl adjacent to an activating group) is 1. The van der Waals surface area contributed by atoms with Crippen LogP contribution >= 0.6 is 7.82 Å². The van der Waals surface area contributed by atoms with Gasteiger partial charge in [0.15, 0.2) is 11.9 Å². The van der Waals surface area contributed by atoms with E-state index in [1.54, 1.807) is 6.08 Å². The van der Waals surface area contributed by atoms with E-state index < -0.39 is 32.5 Å². The average molecular weight is 872 g/mol. The summed E-state index contributed by atoms with van der Waals surface area (Å²) in [6.07, 6.45) is 50.1. The van der Waals surface area contributed by atoms with Gasteiger partial charge in [-0.1, -0.05) is 137 Å². The van der Waals surface area contributed by atoms with Gasteiger partial charge in [-0.25, -0.2) is 0 Å². The molecule has 0 heterocycles. The van der Waals surface area contributed by atoms with Gasteiger partial charge in [0.2, 0.25) is 0 Å². The summed E-state index contributed by atoms with van der Waals surface area (Å²) in [7, 11) is 0.984. The average Bonchev–Trinajstić information content (AvgIpc) is 3.21. The van der Waals surface area contributed by atoms with E-state index in [0.29, 0.717) is 17.4 Å². The molecule has 0 aliphatic carbocycles. The lowest BCUT2D eigenvalue weighted by Crippen LogP contribution is -2.37. The normalized spacial score (nSPS) is 14.3. The first-order valence-corrected chi connectivity index (χ1v) is 24.4. The van der Waals surface area contributed by atoms with Crippen LogP contribution in [0.25, 0.3) is 0 Å². The fraction of sp³-hybridized carbons (Fsp3) is 0.620. The first-order chi connectivity index (χ1) is 29.4. The molecule has 61 heavy (non-hydrogen) atoms. The summed E-state index contributed by atoms with van der Waals surface area (Å²) >= 11 is 0. The monoisotopic (exact) mass is 872 g/mol. The fourth-order valence-electron chi connectivity index (χ4n) is 5.41. The lowest BCUT2D eigenvalue weighted by Gasteiger charge is -2.28. The molecule has 0 aliphatic rings. The van der Waals surface area contributed by atoms with Gasteiger partial charge in [0.05, 0.1) is 27.7 Å². The lowest BCUT2D eigenvalue weighted by atomic mass is 10.1. The molecule has 0 saturated heterocycles. The van der Waals surface area contributed by atoms with E-state index in [2.05, 4.69) is 86.8 Å². The SMILES string of the molecule is CCCCC/C=C\C/C=C\C/C=C\C=C\C(=O)CCCC(=O)O[C@H](COC(=O)CCCCC/C=C\C/C=C\C/C=C\C/C=C\CCCCC)COP(=O)([O-])OCC[N+](C)(C)C. The van der Waals surface area contributed by atoms with E-state index in [1.165, 1.54) is 51.0 Å². The molecule has 346 valence electrons. The number of carbonyl (C=O) groups is 3. The number of carbonyl (C=O) groups excluding carboxylic acids is 3. The molecule has 0 spiro atoms. The summed E-state index contributed by atoms with van der Waals surface area (Å²) in [5, 5.41) is 0. The standard InChI is InChI=1S/C50H82NO9P/c1-6-8-10-12-14-16-18-20-21-22-23-24-25-27-29-31-33-35-37-41-49(53)57-45-48(46-59-61(55,56)58-44-43-51(3,4)5)60-50(54)42-38-40-47(52)39-36-34-32-30-28-26-19-17-15-13-11-9-7-2/h14-17,20-21,23-24,26-29,32,34,36,39,48H,6-13,18-19,22,25,30-31,33,35,37-38,40-46H2,1-5H3/b16-14-,17-15-,21-20-,24-23-,28-26-,29-27-,34-32-,39-36+/t48-/m1/s1. The van der Waals surface area contributed by atoms with Gasteiger partial charge in [0.25, 0.3) is 7.82 Å².